The topological polar surface area (TPSA) is 26.0 Å². The molecule has 150 valence electrons. The van der Waals surface area contributed by atoms with Crippen LogP contribution in [-0.4, -0.2) is 0 Å². The molecule has 1 aliphatic carbocycles. The van der Waals surface area contributed by atoms with Crippen molar-refractivity contribution in [2.24, 2.45) is 5.92 Å². The molecule has 1 saturated carbocycles. The Labute approximate surface area is 172 Å². The second-order valence-electron chi connectivity index (χ2n) is 8.29. The number of hydrogen-bond donors (Lipinski definition) is 1. The van der Waals surface area contributed by atoms with E-state index >= 15 is 0 Å². The molecule has 0 amide bonds. The average Bonchev–Trinajstić information content (AvgIpc) is 3.12. The summed E-state index contributed by atoms with van der Waals surface area (Å²) in [5.74, 6) is 0.475. The molecular weight excluding hydrogens is 338 g/mol. The average molecular weight is 376 g/mol. The highest BCUT2D eigenvalue weighted by Gasteiger charge is 2.11. The van der Waals surface area contributed by atoms with Gasteiger partial charge in [0.1, 0.15) is 0 Å². The Hall–Kier alpha value is -2.28. The molecule has 2 N–H and O–H groups in total. The first-order chi connectivity index (χ1) is 13.3. The molecule has 0 aromatic heterocycles. The van der Waals surface area contributed by atoms with E-state index in [2.05, 4.69) is 77.6 Å². The van der Waals surface area contributed by atoms with Crippen molar-refractivity contribution < 1.29 is 0 Å². The van der Waals surface area contributed by atoms with E-state index in [0.717, 1.165) is 23.2 Å². The van der Waals surface area contributed by atoms with Gasteiger partial charge >= 0.3 is 0 Å². The van der Waals surface area contributed by atoms with E-state index in [4.69, 9.17) is 5.73 Å². The van der Waals surface area contributed by atoms with Crippen LogP contribution in [0.4, 0.5) is 5.69 Å². The van der Waals surface area contributed by atoms with Crippen LogP contribution >= 0.6 is 0 Å². The van der Waals surface area contributed by atoms with Crippen LogP contribution in [-0.2, 0) is 0 Å². The van der Waals surface area contributed by atoms with Crippen LogP contribution in [0.2, 0.25) is 0 Å². The molecular formula is C27H37N. The van der Waals surface area contributed by atoms with Crippen molar-refractivity contribution in [2.75, 3.05) is 5.73 Å². The third kappa shape index (κ3) is 5.86. The first-order valence-electron chi connectivity index (χ1n) is 10.7. The maximum Gasteiger partial charge on any atom is 0.0399 e. The quantitative estimate of drug-likeness (QED) is 0.377. The molecule has 1 heteroatoms. The lowest BCUT2D eigenvalue weighted by Gasteiger charge is -2.15. The van der Waals surface area contributed by atoms with Gasteiger partial charge < -0.3 is 5.73 Å². The van der Waals surface area contributed by atoms with Crippen LogP contribution in [0.5, 0.6) is 0 Å². The lowest BCUT2D eigenvalue weighted by atomic mass is 9.90. The molecule has 0 saturated heterocycles. The third-order valence-corrected chi connectivity index (χ3v) is 5.26. The molecule has 28 heavy (non-hydrogen) atoms. The summed E-state index contributed by atoms with van der Waals surface area (Å²) in [4.78, 5) is 0. The van der Waals surface area contributed by atoms with Gasteiger partial charge in [0, 0.05) is 11.3 Å². The third-order valence-electron chi connectivity index (χ3n) is 5.26. The molecule has 1 nitrogen and oxygen atoms in total. The molecule has 2 rings (SSSR count). The number of rotatable bonds is 7. The highest BCUT2D eigenvalue weighted by Crippen LogP contribution is 2.32. The van der Waals surface area contributed by atoms with Gasteiger partial charge in [-0.2, -0.15) is 0 Å². The predicted octanol–water partition coefficient (Wildman–Crippen LogP) is 8.21. The largest absolute Gasteiger partial charge is 0.398 e. The van der Waals surface area contributed by atoms with Crippen LogP contribution in [0.3, 0.4) is 0 Å². The van der Waals surface area contributed by atoms with Gasteiger partial charge in [-0.15, -0.1) is 0 Å². The summed E-state index contributed by atoms with van der Waals surface area (Å²) in [6.45, 7) is 15.0. The smallest absolute Gasteiger partial charge is 0.0399 e. The summed E-state index contributed by atoms with van der Waals surface area (Å²) in [5, 5.41) is 0. The van der Waals surface area contributed by atoms with Gasteiger partial charge in [-0.25, -0.2) is 0 Å². The summed E-state index contributed by atoms with van der Waals surface area (Å²) in [6.07, 6.45) is 17.3. The zero-order valence-electron chi connectivity index (χ0n) is 18.4. The van der Waals surface area contributed by atoms with Gasteiger partial charge in [-0.1, -0.05) is 68.9 Å². The van der Waals surface area contributed by atoms with Crippen molar-refractivity contribution in [2.45, 2.75) is 66.7 Å². The van der Waals surface area contributed by atoms with E-state index in [0.29, 0.717) is 5.92 Å². The molecule has 1 aromatic carbocycles. The van der Waals surface area contributed by atoms with E-state index < -0.39 is 0 Å². The number of hydrogen-bond acceptors (Lipinski definition) is 1. The van der Waals surface area contributed by atoms with Gasteiger partial charge in [-0.05, 0) is 86.3 Å². The minimum Gasteiger partial charge on any atom is -0.398 e. The van der Waals surface area contributed by atoms with Gasteiger partial charge in [-0.3, -0.25) is 0 Å². The fraction of sp³-hybridized carbons (Fsp3) is 0.407. The fourth-order valence-corrected chi connectivity index (χ4v) is 4.00. The lowest BCUT2D eigenvalue weighted by molar-refractivity contribution is 0.833. The van der Waals surface area contributed by atoms with Gasteiger partial charge in [0.25, 0.3) is 0 Å². The second-order valence-corrected chi connectivity index (χ2v) is 8.29. The number of allylic oxidation sites excluding steroid dienone is 7. The Bertz CT molecular complexity index is 820. The van der Waals surface area contributed by atoms with Gasteiger partial charge in [0.2, 0.25) is 0 Å². The first-order valence-corrected chi connectivity index (χ1v) is 10.7. The van der Waals surface area contributed by atoms with Crippen molar-refractivity contribution >= 4 is 23.4 Å². The standard InChI is InChI=1S/C27H37N/c1-7-11-21(6)26(14-19(3)4)24-17-23(25(8-2)27(28)18-24)16-20(5)15-22-12-9-10-13-22/h8,11,14-19H,2,7,9-10,12-13,28H2,1,3-6H3/b20-16+,21-11-,26-14+. The Morgan fingerprint density at radius 3 is 2.43 bits per heavy atom. The molecule has 1 fully saturated rings. The Morgan fingerprint density at radius 2 is 1.86 bits per heavy atom. The van der Waals surface area contributed by atoms with Crippen molar-refractivity contribution in [3.05, 3.63) is 70.3 Å². The van der Waals surface area contributed by atoms with E-state index in [-0.39, 0.29) is 0 Å². The molecule has 0 spiro atoms. The van der Waals surface area contributed by atoms with E-state index in [1.807, 2.05) is 6.08 Å². The lowest BCUT2D eigenvalue weighted by Crippen LogP contribution is -1.98. The molecule has 0 aliphatic heterocycles. The normalized spacial score (nSPS) is 16.1. The summed E-state index contributed by atoms with van der Waals surface area (Å²) >= 11 is 0. The second kappa shape index (κ2) is 10.3. The van der Waals surface area contributed by atoms with Crippen LogP contribution in [0.15, 0.2) is 53.7 Å². The highest BCUT2D eigenvalue weighted by molar-refractivity contribution is 5.85. The maximum atomic E-state index is 6.45. The van der Waals surface area contributed by atoms with Crippen LogP contribution < -0.4 is 5.73 Å². The first kappa shape index (κ1) is 22.0. The Balaban J connectivity index is 2.57. The fourth-order valence-electron chi connectivity index (χ4n) is 4.00. The van der Waals surface area contributed by atoms with Crippen molar-refractivity contribution in [3.8, 4) is 0 Å². The van der Waals surface area contributed by atoms with Gasteiger partial charge in [0.15, 0.2) is 0 Å². The zero-order chi connectivity index (χ0) is 20.7. The van der Waals surface area contributed by atoms with Crippen molar-refractivity contribution in [1.82, 2.24) is 0 Å². The molecule has 0 unspecified atom stereocenters. The molecule has 1 aromatic rings. The predicted molar refractivity (Wildman–Crippen MR) is 128 cm³/mol. The Morgan fingerprint density at radius 1 is 1.18 bits per heavy atom. The molecule has 0 bridgehead atoms. The Kier molecular flexibility index (Phi) is 8.11. The van der Waals surface area contributed by atoms with Crippen molar-refractivity contribution in [3.63, 3.8) is 0 Å². The molecule has 0 heterocycles. The number of nitrogens with two attached hydrogens (primary N) is 1. The molecule has 0 atom stereocenters. The number of nitrogen functional groups attached to an aromatic ring is 1. The summed E-state index contributed by atoms with van der Waals surface area (Å²) in [5.41, 5.74) is 16.0. The van der Waals surface area contributed by atoms with Crippen LogP contribution in [0.25, 0.3) is 17.7 Å². The van der Waals surface area contributed by atoms with Crippen LogP contribution in [0, 0.1) is 5.92 Å². The maximum absolute atomic E-state index is 6.45. The minimum absolute atomic E-state index is 0.475. The van der Waals surface area contributed by atoms with Crippen molar-refractivity contribution in [1.29, 1.82) is 0 Å². The molecule has 0 radical (unpaired) electrons. The monoisotopic (exact) mass is 375 g/mol. The van der Waals surface area contributed by atoms with E-state index in [1.165, 1.54) is 48.0 Å². The van der Waals surface area contributed by atoms with Gasteiger partial charge in [0.05, 0.1) is 0 Å². The summed E-state index contributed by atoms with van der Waals surface area (Å²) in [7, 11) is 0. The zero-order valence-corrected chi connectivity index (χ0v) is 18.4. The van der Waals surface area contributed by atoms with E-state index in [9.17, 15) is 0 Å². The number of benzene rings is 1. The minimum atomic E-state index is 0.475. The summed E-state index contributed by atoms with van der Waals surface area (Å²) < 4.78 is 0. The molecule has 1 aliphatic rings. The van der Waals surface area contributed by atoms with Crippen LogP contribution in [0.1, 0.15) is 83.4 Å². The summed E-state index contributed by atoms with van der Waals surface area (Å²) in [6, 6.07) is 4.37. The highest BCUT2D eigenvalue weighted by atomic mass is 14.6. The SMILES string of the molecule is C=Cc1c(N)cc(C(=C/C(C)C)/C(C)=C\CC)cc1/C=C(\C)C=C1CCCC1. The van der Waals surface area contributed by atoms with E-state index in [1.54, 1.807) is 5.57 Å². The number of anilines is 1.